The summed E-state index contributed by atoms with van der Waals surface area (Å²) in [6.07, 6.45) is 10.5. The van der Waals surface area contributed by atoms with E-state index in [1.807, 2.05) is 63.2 Å². The highest BCUT2D eigenvalue weighted by molar-refractivity contribution is 6.07. The number of hydrogen-bond acceptors (Lipinski definition) is 11. The van der Waals surface area contributed by atoms with Crippen molar-refractivity contribution in [3.8, 4) is 0 Å². The summed E-state index contributed by atoms with van der Waals surface area (Å²) in [6, 6.07) is 6.89. The summed E-state index contributed by atoms with van der Waals surface area (Å²) in [6.45, 7) is 8.27. The zero-order valence-corrected chi connectivity index (χ0v) is 30.3. The lowest BCUT2D eigenvalue weighted by Gasteiger charge is -2.62. The Morgan fingerprint density at radius 2 is 2.00 bits per heavy atom. The number of fused-ring (bicyclic) bond motifs is 1. The number of allylic oxidation sites excluding steroid dienone is 1. The second-order valence-corrected chi connectivity index (χ2v) is 15.5. The van der Waals surface area contributed by atoms with E-state index < -0.39 is 29.1 Å². The van der Waals surface area contributed by atoms with Crippen LogP contribution >= 0.6 is 0 Å². The van der Waals surface area contributed by atoms with Crippen molar-refractivity contribution in [1.29, 1.82) is 0 Å². The highest BCUT2D eigenvalue weighted by atomic mass is 16.6. The van der Waals surface area contributed by atoms with Gasteiger partial charge in [-0.15, -0.1) is 0 Å². The number of aliphatic hydroxyl groups excluding tert-OH is 2. The van der Waals surface area contributed by atoms with Crippen molar-refractivity contribution in [2.45, 2.75) is 70.2 Å². The lowest BCUT2D eigenvalue weighted by molar-refractivity contribution is -0.174. The van der Waals surface area contributed by atoms with E-state index in [1.165, 1.54) is 0 Å². The zero-order chi connectivity index (χ0) is 36.6. The maximum absolute atomic E-state index is 13.2. The van der Waals surface area contributed by atoms with E-state index in [0.29, 0.717) is 55.5 Å². The Morgan fingerprint density at radius 1 is 1.25 bits per heavy atom. The Morgan fingerprint density at radius 3 is 2.65 bits per heavy atom. The van der Waals surface area contributed by atoms with Gasteiger partial charge in [0, 0.05) is 35.7 Å². The van der Waals surface area contributed by atoms with Crippen LogP contribution in [-0.4, -0.2) is 115 Å². The molecule has 274 valence electrons. The predicted octanol–water partition coefficient (Wildman–Crippen LogP) is 2.69. The van der Waals surface area contributed by atoms with Gasteiger partial charge in [-0.1, -0.05) is 50.3 Å². The third-order valence-electron chi connectivity index (χ3n) is 11.8. The Bertz CT molecular complexity index is 1690. The largest absolute Gasteiger partial charge is 0.423 e. The van der Waals surface area contributed by atoms with Crippen LogP contribution in [0.4, 0.5) is 0 Å². The monoisotopic (exact) mass is 700 g/mol. The Kier molecular flexibility index (Phi) is 10.6. The first kappa shape index (κ1) is 37.0. The van der Waals surface area contributed by atoms with Crippen LogP contribution in [0.2, 0.25) is 0 Å². The molecule has 1 saturated heterocycles. The maximum atomic E-state index is 13.2. The molecule has 2 saturated carbocycles. The van der Waals surface area contributed by atoms with Gasteiger partial charge in [-0.3, -0.25) is 14.8 Å². The number of epoxide rings is 1. The summed E-state index contributed by atoms with van der Waals surface area (Å²) < 4.78 is 12.0. The van der Waals surface area contributed by atoms with E-state index >= 15 is 0 Å². The molecular formula is C39H52N6O6. The van der Waals surface area contributed by atoms with Crippen molar-refractivity contribution in [2.24, 2.45) is 43.4 Å². The fourth-order valence-corrected chi connectivity index (χ4v) is 8.64. The SMILES string of the molecule is CC(NC1CC2[C@](C)(CC[C@@H](O)[C@@]2(C)CO)C(/C=C/C2=CC(=C\c3ccc(C(N)=NCCN(C)C)cc3)/OC2=O)C12CO2)C(=O)CC1=NCC=N1. The van der Waals surface area contributed by atoms with Crippen molar-refractivity contribution < 1.29 is 29.3 Å². The van der Waals surface area contributed by atoms with Gasteiger partial charge in [-0.2, -0.15) is 0 Å². The number of likely N-dealkylation sites (N-methyl/N-ethyl adjacent to an activating group) is 1. The van der Waals surface area contributed by atoms with Gasteiger partial charge in [-0.25, -0.2) is 9.79 Å². The van der Waals surface area contributed by atoms with E-state index in [0.717, 1.165) is 24.1 Å². The highest BCUT2D eigenvalue weighted by Crippen LogP contribution is 2.65. The van der Waals surface area contributed by atoms with Gasteiger partial charge in [-0.05, 0) is 69.3 Å². The van der Waals surface area contributed by atoms with Crippen molar-refractivity contribution >= 4 is 35.7 Å². The normalized spacial score (nSPS) is 34.6. The first-order valence-electron chi connectivity index (χ1n) is 18.0. The predicted molar refractivity (Wildman–Crippen MR) is 198 cm³/mol. The molecule has 1 aromatic carbocycles. The number of aliphatic hydroxyl groups is 2. The summed E-state index contributed by atoms with van der Waals surface area (Å²) >= 11 is 0. The number of Topliss-reactive ketones (excluding diaryl/α,β-unsaturated/α-hetero) is 1. The summed E-state index contributed by atoms with van der Waals surface area (Å²) in [7, 11) is 3.98. The van der Waals surface area contributed by atoms with Gasteiger partial charge in [0.25, 0.3) is 0 Å². The number of hydrogen-bond donors (Lipinski definition) is 4. The summed E-state index contributed by atoms with van der Waals surface area (Å²) in [5.41, 5.74) is 6.55. The number of benzene rings is 1. The van der Waals surface area contributed by atoms with Crippen LogP contribution in [0, 0.1) is 22.7 Å². The van der Waals surface area contributed by atoms with E-state index in [9.17, 15) is 19.8 Å². The summed E-state index contributed by atoms with van der Waals surface area (Å²) in [5.74, 6) is 0.723. The van der Waals surface area contributed by atoms with Crippen molar-refractivity contribution in [3.05, 3.63) is 65.0 Å². The second-order valence-electron chi connectivity index (χ2n) is 15.5. The van der Waals surface area contributed by atoms with Crippen molar-refractivity contribution in [1.82, 2.24) is 10.2 Å². The molecule has 12 heteroatoms. The second kappa shape index (κ2) is 14.7. The van der Waals surface area contributed by atoms with E-state index in [4.69, 9.17) is 15.2 Å². The van der Waals surface area contributed by atoms with E-state index in [1.54, 1.807) is 18.4 Å². The van der Waals surface area contributed by atoms with Crippen LogP contribution in [0.25, 0.3) is 6.08 Å². The Labute approximate surface area is 300 Å². The molecule has 3 fully saturated rings. The van der Waals surface area contributed by atoms with Crippen LogP contribution in [-0.2, 0) is 19.1 Å². The van der Waals surface area contributed by atoms with Crippen LogP contribution in [0.3, 0.4) is 0 Å². The van der Waals surface area contributed by atoms with E-state index in [2.05, 4.69) is 33.3 Å². The number of rotatable bonds is 13. The topological polar surface area (TPSA) is 175 Å². The van der Waals surface area contributed by atoms with Gasteiger partial charge >= 0.3 is 5.97 Å². The molecule has 0 radical (unpaired) electrons. The number of ether oxygens (including phenoxy) is 2. The minimum absolute atomic E-state index is 0.0120. The molecule has 2 aliphatic carbocycles. The number of nitrogens with zero attached hydrogens (tertiary/aromatic N) is 4. The summed E-state index contributed by atoms with van der Waals surface area (Å²) in [4.78, 5) is 41.3. The third kappa shape index (κ3) is 7.43. The molecule has 0 amide bonds. The van der Waals surface area contributed by atoms with Gasteiger partial charge in [0.05, 0.1) is 50.4 Å². The fraction of sp³-hybridized carbons (Fsp3) is 0.564. The van der Waals surface area contributed by atoms with Gasteiger partial charge in [0.15, 0.2) is 5.78 Å². The Balaban J connectivity index is 1.24. The molecule has 51 heavy (non-hydrogen) atoms. The molecule has 1 aromatic rings. The molecule has 8 atom stereocenters. The van der Waals surface area contributed by atoms with Gasteiger partial charge in [0.2, 0.25) is 0 Å². The first-order valence-corrected chi connectivity index (χ1v) is 18.0. The highest BCUT2D eigenvalue weighted by Gasteiger charge is 2.70. The first-order chi connectivity index (χ1) is 24.3. The minimum atomic E-state index is -0.754. The average Bonchev–Trinajstić information content (AvgIpc) is 3.55. The molecule has 12 nitrogen and oxygen atoms in total. The number of carbonyl (C=O) groups excluding carboxylic acids is 2. The smallest absolute Gasteiger partial charge is 0.343 e. The molecule has 6 rings (SSSR count). The van der Waals surface area contributed by atoms with Crippen molar-refractivity contribution in [3.63, 3.8) is 0 Å². The lowest BCUT2D eigenvalue weighted by Crippen LogP contribution is -2.67. The van der Waals surface area contributed by atoms with Crippen LogP contribution in [0.15, 0.2) is 68.8 Å². The molecule has 5 unspecified atom stereocenters. The van der Waals surface area contributed by atoms with Crippen LogP contribution in [0.5, 0.6) is 0 Å². The standard InChI is InChI=1S/C39H52N6O6/c1-24(29(47)20-34-41-14-15-42-34)44-32-21-31-37(2,13-12-33(48)38(31,3)22-46)30(39(32)23-50-39)11-10-27-19-28(51-36(27)49)18-25-6-8-26(9-7-25)35(40)43-16-17-45(4)5/h6-11,14,18-19,24,30-33,44,46,48H,12-13,15-17,20-23H2,1-5H3,(H2,40,43)/b11-10+,28-18+/t24?,30?,31?,32?,33-,37-,38+,39?/m1/s1. The number of carbonyl (C=O) groups is 2. The van der Waals surface area contributed by atoms with E-state index in [-0.39, 0.29) is 42.1 Å². The molecule has 5 aliphatic rings. The Hall–Kier alpha value is -3.81. The average molecular weight is 701 g/mol. The van der Waals surface area contributed by atoms with Gasteiger partial charge < -0.3 is 35.6 Å². The lowest BCUT2D eigenvalue weighted by atomic mass is 9.44. The molecule has 5 N–H and O–H groups in total. The molecule has 1 spiro atoms. The molecule has 0 aromatic heterocycles. The number of nitrogens with one attached hydrogen (secondary N) is 1. The molecule has 3 aliphatic heterocycles. The quantitative estimate of drug-likeness (QED) is 0.104. The minimum Gasteiger partial charge on any atom is -0.423 e. The number of esters is 1. The van der Waals surface area contributed by atoms with Crippen LogP contribution in [0.1, 0.15) is 57.6 Å². The number of aliphatic imine (C=N–C) groups is 3. The van der Waals surface area contributed by atoms with Crippen molar-refractivity contribution in [2.75, 3.05) is 46.9 Å². The molecular weight excluding hydrogens is 648 g/mol. The number of cyclic esters (lactones) is 1. The molecule has 3 heterocycles. The zero-order valence-electron chi connectivity index (χ0n) is 30.3. The summed E-state index contributed by atoms with van der Waals surface area (Å²) in [5, 5.41) is 25.5. The maximum Gasteiger partial charge on any atom is 0.343 e. The number of nitrogens with two attached hydrogens (primary N) is 1. The molecule has 0 bridgehead atoms. The third-order valence-corrected chi connectivity index (χ3v) is 11.8. The number of ketones is 1. The van der Waals surface area contributed by atoms with Crippen LogP contribution < -0.4 is 11.1 Å². The number of amidine groups is 2. The fourth-order valence-electron chi connectivity index (χ4n) is 8.64. The van der Waals surface area contributed by atoms with Gasteiger partial charge in [0.1, 0.15) is 23.0 Å².